The third-order valence-corrected chi connectivity index (χ3v) is 4.92. The maximum atomic E-state index is 13.0. The first-order valence-corrected chi connectivity index (χ1v) is 8.49. The third-order valence-electron chi connectivity index (χ3n) is 4.92. The molecule has 1 N–H and O–H groups in total. The van der Waals surface area contributed by atoms with Gasteiger partial charge in [-0.15, -0.1) is 0 Å². The summed E-state index contributed by atoms with van der Waals surface area (Å²) >= 11 is 0. The Morgan fingerprint density at radius 1 is 1.16 bits per heavy atom. The summed E-state index contributed by atoms with van der Waals surface area (Å²) in [6.45, 7) is 2.45. The first-order chi connectivity index (χ1) is 12.2. The summed E-state index contributed by atoms with van der Waals surface area (Å²) in [5, 5.41) is 0.804. The number of likely N-dealkylation sites (tertiary alicyclic amines) is 1. The Labute approximate surface area is 145 Å². The van der Waals surface area contributed by atoms with Crippen molar-refractivity contribution in [3.05, 3.63) is 65.6 Å². The number of Topliss-reactive ketones (excluding diaryl/α,β-unsaturated/α-hetero) is 1. The summed E-state index contributed by atoms with van der Waals surface area (Å²) in [6, 6.07) is 11.4. The molecule has 0 aliphatic carbocycles. The van der Waals surface area contributed by atoms with Crippen LogP contribution in [-0.4, -0.2) is 33.1 Å². The molecule has 1 saturated heterocycles. The fraction of sp³-hybridized carbons (Fsp3) is 0.250. The van der Waals surface area contributed by atoms with Gasteiger partial charge in [-0.3, -0.25) is 14.6 Å². The normalized spacial score (nSPS) is 17.2. The molecule has 0 bridgehead atoms. The smallest absolute Gasteiger partial charge is 0.295 e. The van der Waals surface area contributed by atoms with Gasteiger partial charge in [-0.25, -0.2) is 0 Å². The lowest BCUT2D eigenvalue weighted by Gasteiger charge is -2.24. The molecule has 1 aromatic carbocycles. The van der Waals surface area contributed by atoms with Gasteiger partial charge in [-0.2, -0.15) is 0 Å². The van der Waals surface area contributed by atoms with Crippen molar-refractivity contribution in [2.45, 2.75) is 25.8 Å². The van der Waals surface area contributed by atoms with E-state index in [0.717, 1.165) is 35.0 Å². The molecule has 1 unspecified atom stereocenters. The van der Waals surface area contributed by atoms with Crippen LogP contribution >= 0.6 is 0 Å². The number of carbonyl (C=O) groups excluding carboxylic acids is 2. The fourth-order valence-electron chi connectivity index (χ4n) is 3.75. The Kier molecular flexibility index (Phi) is 3.84. The summed E-state index contributed by atoms with van der Waals surface area (Å²) in [7, 11) is 0. The molecule has 3 aromatic rings. The highest BCUT2D eigenvalue weighted by atomic mass is 16.2. The highest BCUT2D eigenvalue weighted by Crippen LogP contribution is 2.33. The predicted molar refractivity (Wildman–Crippen MR) is 95.3 cm³/mol. The Hall–Kier alpha value is -2.95. The molecule has 1 fully saturated rings. The molecule has 4 rings (SSSR count). The van der Waals surface area contributed by atoms with Crippen LogP contribution in [-0.2, 0) is 4.79 Å². The van der Waals surface area contributed by atoms with Crippen LogP contribution in [0, 0.1) is 6.92 Å². The first-order valence-electron chi connectivity index (χ1n) is 8.49. The number of nitrogens with one attached hydrogen (secondary N) is 1. The van der Waals surface area contributed by atoms with E-state index in [1.165, 1.54) is 0 Å². The Bertz CT molecular complexity index is 946. The van der Waals surface area contributed by atoms with Crippen LogP contribution in [0.1, 0.15) is 40.5 Å². The summed E-state index contributed by atoms with van der Waals surface area (Å²) in [6.07, 6.45) is 5.22. The number of rotatable bonds is 3. The zero-order chi connectivity index (χ0) is 17.4. The molecule has 25 heavy (non-hydrogen) atoms. The van der Waals surface area contributed by atoms with Crippen molar-refractivity contribution in [3.63, 3.8) is 0 Å². The molecule has 2 aromatic heterocycles. The van der Waals surface area contributed by atoms with Crippen molar-refractivity contribution in [3.8, 4) is 0 Å². The zero-order valence-corrected chi connectivity index (χ0v) is 14.0. The Morgan fingerprint density at radius 3 is 2.72 bits per heavy atom. The minimum Gasteiger partial charge on any atom is -0.358 e. The van der Waals surface area contributed by atoms with E-state index < -0.39 is 11.7 Å². The quantitative estimate of drug-likeness (QED) is 0.590. The van der Waals surface area contributed by atoms with Gasteiger partial charge >= 0.3 is 0 Å². The number of H-pyrrole nitrogens is 1. The van der Waals surface area contributed by atoms with Gasteiger partial charge < -0.3 is 9.88 Å². The van der Waals surface area contributed by atoms with Crippen LogP contribution in [0.25, 0.3) is 10.9 Å². The van der Waals surface area contributed by atoms with Crippen molar-refractivity contribution >= 4 is 22.6 Å². The number of pyridine rings is 1. The zero-order valence-electron chi connectivity index (χ0n) is 14.0. The monoisotopic (exact) mass is 333 g/mol. The van der Waals surface area contributed by atoms with Gasteiger partial charge in [-0.05, 0) is 43.5 Å². The number of amides is 1. The average Bonchev–Trinajstić information content (AvgIpc) is 3.25. The molecule has 1 atom stereocenters. The molecular formula is C20H19N3O2. The number of carbonyl (C=O) groups is 2. The number of fused-ring (bicyclic) bond motifs is 1. The molecule has 5 nitrogen and oxygen atoms in total. The molecular weight excluding hydrogens is 314 g/mol. The van der Waals surface area contributed by atoms with Crippen LogP contribution in [0.4, 0.5) is 0 Å². The number of aromatic nitrogens is 2. The maximum absolute atomic E-state index is 13.0. The number of aryl methyl sites for hydroxylation is 1. The Morgan fingerprint density at radius 2 is 1.92 bits per heavy atom. The van der Waals surface area contributed by atoms with Crippen molar-refractivity contribution < 1.29 is 9.59 Å². The van der Waals surface area contributed by atoms with Crippen molar-refractivity contribution in [2.24, 2.45) is 0 Å². The van der Waals surface area contributed by atoms with Crippen molar-refractivity contribution in [1.82, 2.24) is 14.9 Å². The van der Waals surface area contributed by atoms with E-state index in [0.29, 0.717) is 12.1 Å². The topological polar surface area (TPSA) is 66.1 Å². The van der Waals surface area contributed by atoms with Gasteiger partial charge in [0.05, 0.1) is 11.6 Å². The lowest BCUT2D eigenvalue weighted by Crippen LogP contribution is -2.36. The van der Waals surface area contributed by atoms with E-state index in [1.54, 1.807) is 17.3 Å². The highest BCUT2D eigenvalue weighted by Gasteiger charge is 2.35. The van der Waals surface area contributed by atoms with Crippen LogP contribution in [0.3, 0.4) is 0 Å². The molecule has 3 heterocycles. The van der Waals surface area contributed by atoms with Crippen LogP contribution < -0.4 is 0 Å². The summed E-state index contributed by atoms with van der Waals surface area (Å²) < 4.78 is 0. The van der Waals surface area contributed by atoms with Gasteiger partial charge in [0.2, 0.25) is 0 Å². The molecule has 1 aliphatic rings. The maximum Gasteiger partial charge on any atom is 0.295 e. The number of benzene rings is 1. The summed E-state index contributed by atoms with van der Waals surface area (Å²) in [4.78, 5) is 34.9. The van der Waals surface area contributed by atoms with Gasteiger partial charge in [0, 0.05) is 35.5 Å². The second-order valence-corrected chi connectivity index (χ2v) is 6.44. The van der Waals surface area contributed by atoms with Gasteiger partial charge in [0.15, 0.2) is 0 Å². The van der Waals surface area contributed by atoms with Crippen molar-refractivity contribution in [2.75, 3.05) is 6.54 Å². The molecule has 5 heteroatoms. The first kappa shape index (κ1) is 15.6. The highest BCUT2D eigenvalue weighted by molar-refractivity contribution is 6.45. The van der Waals surface area contributed by atoms with Crippen LogP contribution in [0.2, 0.25) is 0 Å². The van der Waals surface area contributed by atoms with E-state index >= 15 is 0 Å². The van der Waals surface area contributed by atoms with Gasteiger partial charge in [-0.1, -0.05) is 18.2 Å². The molecule has 1 aliphatic heterocycles. The third kappa shape index (κ3) is 2.61. The number of hydrogen-bond acceptors (Lipinski definition) is 3. The molecule has 0 saturated carbocycles. The second-order valence-electron chi connectivity index (χ2n) is 6.44. The van der Waals surface area contributed by atoms with Crippen LogP contribution in [0.5, 0.6) is 0 Å². The SMILES string of the molecule is Cc1[nH]c2ccccc2c1C(=O)C(=O)N1CCCC1c1ccncc1. The van der Waals surface area contributed by atoms with E-state index in [9.17, 15) is 9.59 Å². The van der Waals surface area contributed by atoms with Gasteiger partial charge in [0.25, 0.3) is 11.7 Å². The number of hydrogen-bond donors (Lipinski definition) is 1. The molecule has 0 spiro atoms. The number of para-hydroxylation sites is 1. The van der Waals surface area contributed by atoms with Crippen molar-refractivity contribution in [1.29, 1.82) is 0 Å². The van der Waals surface area contributed by atoms with E-state index in [4.69, 9.17) is 0 Å². The van der Waals surface area contributed by atoms with Gasteiger partial charge in [0.1, 0.15) is 0 Å². The Balaban J connectivity index is 1.68. The molecule has 1 amide bonds. The standard InChI is InChI=1S/C20H19N3O2/c1-13-18(15-5-2-3-6-16(15)22-13)19(24)20(25)23-12-4-7-17(23)14-8-10-21-11-9-14/h2-3,5-6,8-11,17,22H,4,7,12H2,1H3. The van der Waals surface area contributed by atoms with E-state index in [1.807, 2.05) is 43.3 Å². The van der Waals surface area contributed by atoms with E-state index in [2.05, 4.69) is 9.97 Å². The fourth-order valence-corrected chi connectivity index (χ4v) is 3.75. The second kappa shape index (κ2) is 6.16. The predicted octanol–water partition coefficient (Wildman–Crippen LogP) is 3.42. The largest absolute Gasteiger partial charge is 0.358 e. The minimum absolute atomic E-state index is 0.0510. The number of ketones is 1. The number of nitrogens with zero attached hydrogens (tertiary/aromatic N) is 2. The molecule has 0 radical (unpaired) electrons. The van der Waals surface area contributed by atoms with Crippen LogP contribution in [0.15, 0.2) is 48.8 Å². The molecule has 126 valence electrons. The summed E-state index contributed by atoms with van der Waals surface area (Å²) in [5.74, 6) is -0.858. The summed E-state index contributed by atoms with van der Waals surface area (Å²) in [5.41, 5.74) is 3.13. The minimum atomic E-state index is -0.434. The lowest BCUT2D eigenvalue weighted by atomic mass is 10.0. The average molecular weight is 333 g/mol. The lowest BCUT2D eigenvalue weighted by molar-refractivity contribution is -0.127. The van der Waals surface area contributed by atoms with E-state index in [-0.39, 0.29) is 6.04 Å². The number of aromatic amines is 1.